The lowest BCUT2D eigenvalue weighted by Gasteiger charge is -2.10. The van der Waals surface area contributed by atoms with Gasteiger partial charge in [-0.2, -0.15) is 23.4 Å². The van der Waals surface area contributed by atoms with Crippen molar-refractivity contribution in [3.05, 3.63) is 64.7 Å². The van der Waals surface area contributed by atoms with Crippen molar-refractivity contribution in [2.45, 2.75) is 40.0 Å². The van der Waals surface area contributed by atoms with E-state index in [4.69, 9.17) is 0 Å². The molecule has 148 valence electrons. The van der Waals surface area contributed by atoms with Gasteiger partial charge in [0, 0.05) is 12.7 Å². The van der Waals surface area contributed by atoms with E-state index in [1.54, 1.807) is 35.5 Å². The topological polar surface area (TPSA) is 64.7 Å². The first kappa shape index (κ1) is 19.7. The minimum Gasteiger partial charge on any atom is -0.319 e. The molecule has 0 aliphatic rings. The number of halogens is 3. The maximum absolute atomic E-state index is 12.9. The number of carbonyl (C=O) groups excluding carboxylic acids is 1. The predicted molar refractivity (Wildman–Crippen MR) is 98.1 cm³/mol. The maximum Gasteiger partial charge on any atom is 0.416 e. The van der Waals surface area contributed by atoms with Crippen LogP contribution in [0.5, 0.6) is 0 Å². The van der Waals surface area contributed by atoms with Crippen LogP contribution in [0.1, 0.15) is 39.8 Å². The number of benzene rings is 1. The largest absolute Gasteiger partial charge is 0.416 e. The lowest BCUT2D eigenvalue weighted by Crippen LogP contribution is -2.13. The molecule has 0 aliphatic heterocycles. The second-order valence-corrected chi connectivity index (χ2v) is 6.44. The van der Waals surface area contributed by atoms with Crippen LogP contribution in [0.15, 0.2) is 36.7 Å². The van der Waals surface area contributed by atoms with E-state index in [1.165, 1.54) is 12.3 Å². The number of nitrogens with one attached hydrogen (secondary N) is 1. The van der Waals surface area contributed by atoms with Crippen LogP contribution in [0.4, 0.5) is 18.9 Å². The van der Waals surface area contributed by atoms with Crippen molar-refractivity contribution < 1.29 is 18.0 Å². The van der Waals surface area contributed by atoms with Gasteiger partial charge in [-0.25, -0.2) is 0 Å². The zero-order valence-corrected chi connectivity index (χ0v) is 15.7. The van der Waals surface area contributed by atoms with Crippen molar-refractivity contribution >= 4 is 11.6 Å². The fraction of sp³-hybridized carbons (Fsp3) is 0.316. The molecular weight excluding hydrogens is 371 g/mol. The second-order valence-electron chi connectivity index (χ2n) is 6.44. The molecule has 2 heterocycles. The molecular formula is C19H20F3N5O. The molecule has 6 nitrogen and oxygen atoms in total. The number of hydrogen-bond acceptors (Lipinski definition) is 3. The molecule has 0 atom stereocenters. The van der Waals surface area contributed by atoms with E-state index in [-0.39, 0.29) is 12.5 Å². The molecule has 0 aliphatic carbocycles. The zero-order valence-electron chi connectivity index (χ0n) is 15.7. The molecule has 0 unspecified atom stereocenters. The van der Waals surface area contributed by atoms with Gasteiger partial charge in [-0.1, -0.05) is 12.1 Å². The summed E-state index contributed by atoms with van der Waals surface area (Å²) in [6, 6.07) is 5.13. The van der Waals surface area contributed by atoms with Crippen LogP contribution in [0.3, 0.4) is 0 Å². The third-order valence-corrected chi connectivity index (χ3v) is 4.43. The normalized spacial score (nSPS) is 11.6. The monoisotopic (exact) mass is 391 g/mol. The van der Waals surface area contributed by atoms with Gasteiger partial charge in [-0.05, 0) is 38.5 Å². The molecule has 0 fully saturated rings. The van der Waals surface area contributed by atoms with Crippen molar-refractivity contribution in [1.29, 1.82) is 0 Å². The molecule has 0 spiro atoms. The van der Waals surface area contributed by atoms with Crippen LogP contribution in [-0.2, 0) is 19.3 Å². The van der Waals surface area contributed by atoms with E-state index < -0.39 is 11.7 Å². The summed E-state index contributed by atoms with van der Waals surface area (Å²) >= 11 is 0. The molecule has 0 bridgehead atoms. The van der Waals surface area contributed by atoms with Gasteiger partial charge >= 0.3 is 6.18 Å². The van der Waals surface area contributed by atoms with Gasteiger partial charge in [0.1, 0.15) is 0 Å². The Balaban J connectivity index is 1.81. The van der Waals surface area contributed by atoms with Gasteiger partial charge in [-0.3, -0.25) is 14.2 Å². The van der Waals surface area contributed by atoms with E-state index in [0.717, 1.165) is 12.1 Å². The molecule has 9 heteroatoms. The Hall–Kier alpha value is -3.10. The Morgan fingerprint density at radius 1 is 1.25 bits per heavy atom. The lowest BCUT2D eigenvalue weighted by atomic mass is 10.1. The number of nitrogens with zero attached hydrogens (tertiary/aromatic N) is 4. The smallest absolute Gasteiger partial charge is 0.319 e. The predicted octanol–water partition coefficient (Wildman–Crippen LogP) is 4.04. The van der Waals surface area contributed by atoms with Crippen LogP contribution in [0.2, 0.25) is 0 Å². The molecule has 2 aromatic heterocycles. The van der Waals surface area contributed by atoms with Crippen LogP contribution >= 0.6 is 0 Å². The minimum absolute atomic E-state index is 0.167. The first-order valence-electron chi connectivity index (χ1n) is 8.73. The Morgan fingerprint density at radius 3 is 2.64 bits per heavy atom. The Labute approximate surface area is 160 Å². The summed E-state index contributed by atoms with van der Waals surface area (Å²) in [6.45, 7) is 6.24. The quantitative estimate of drug-likeness (QED) is 0.714. The summed E-state index contributed by atoms with van der Waals surface area (Å²) in [4.78, 5) is 12.4. The maximum atomic E-state index is 12.9. The summed E-state index contributed by atoms with van der Waals surface area (Å²) in [7, 11) is 0. The van der Waals surface area contributed by atoms with Crippen LogP contribution in [0.25, 0.3) is 0 Å². The van der Waals surface area contributed by atoms with Gasteiger partial charge in [0.25, 0.3) is 5.91 Å². The highest BCUT2D eigenvalue weighted by Gasteiger charge is 2.30. The number of alkyl halides is 3. The SMILES string of the molecule is CCn1cc(C(=O)Nc2c(C)nn(Cc3cccc(C(F)(F)F)c3)c2C)cn1. The average molecular weight is 391 g/mol. The van der Waals surface area contributed by atoms with Crippen molar-refractivity contribution in [3.63, 3.8) is 0 Å². The first-order chi connectivity index (χ1) is 13.2. The van der Waals surface area contributed by atoms with Crippen LogP contribution < -0.4 is 5.32 Å². The third kappa shape index (κ3) is 4.08. The molecule has 1 aromatic carbocycles. The van der Waals surface area contributed by atoms with Gasteiger partial charge in [0.15, 0.2) is 0 Å². The summed E-state index contributed by atoms with van der Waals surface area (Å²) < 4.78 is 42.0. The number of aromatic nitrogens is 4. The Kier molecular flexibility index (Phi) is 5.26. The molecule has 0 saturated heterocycles. The van der Waals surface area contributed by atoms with Gasteiger partial charge in [0.05, 0.1) is 40.9 Å². The van der Waals surface area contributed by atoms with E-state index >= 15 is 0 Å². The highest BCUT2D eigenvalue weighted by molar-refractivity contribution is 6.04. The summed E-state index contributed by atoms with van der Waals surface area (Å²) in [5.74, 6) is -0.315. The van der Waals surface area contributed by atoms with Gasteiger partial charge in [0.2, 0.25) is 0 Å². The number of hydrogen-bond donors (Lipinski definition) is 1. The Morgan fingerprint density at radius 2 is 2.00 bits per heavy atom. The third-order valence-electron chi connectivity index (χ3n) is 4.43. The van der Waals surface area contributed by atoms with Crippen molar-refractivity contribution in [2.75, 3.05) is 5.32 Å². The first-order valence-corrected chi connectivity index (χ1v) is 8.73. The van der Waals surface area contributed by atoms with Crippen molar-refractivity contribution in [2.24, 2.45) is 0 Å². The molecule has 1 amide bonds. The second kappa shape index (κ2) is 7.49. The fourth-order valence-electron chi connectivity index (χ4n) is 2.89. The molecule has 3 rings (SSSR count). The van der Waals surface area contributed by atoms with Crippen LogP contribution in [0, 0.1) is 13.8 Å². The molecule has 28 heavy (non-hydrogen) atoms. The average Bonchev–Trinajstić information content (AvgIpc) is 3.22. The fourth-order valence-corrected chi connectivity index (χ4v) is 2.89. The standard InChI is InChI=1S/C19H20F3N5O/c1-4-26-11-15(9-23-26)18(28)24-17-12(2)25-27(13(17)3)10-14-6-5-7-16(8-14)19(20,21)22/h5-9,11H,4,10H2,1-3H3,(H,24,28). The van der Waals surface area contributed by atoms with Crippen molar-refractivity contribution in [1.82, 2.24) is 19.6 Å². The highest BCUT2D eigenvalue weighted by Crippen LogP contribution is 2.30. The van der Waals surface area contributed by atoms with Gasteiger partial charge < -0.3 is 5.32 Å². The zero-order chi connectivity index (χ0) is 20.5. The van der Waals surface area contributed by atoms with E-state index in [2.05, 4.69) is 15.5 Å². The van der Waals surface area contributed by atoms with E-state index in [0.29, 0.717) is 34.7 Å². The molecule has 3 aromatic rings. The molecule has 0 radical (unpaired) electrons. The van der Waals surface area contributed by atoms with E-state index in [1.807, 2.05) is 6.92 Å². The summed E-state index contributed by atoms with van der Waals surface area (Å²) in [5.41, 5.74) is 1.98. The van der Waals surface area contributed by atoms with E-state index in [9.17, 15) is 18.0 Å². The highest BCUT2D eigenvalue weighted by atomic mass is 19.4. The Bertz CT molecular complexity index is 1000. The lowest BCUT2D eigenvalue weighted by molar-refractivity contribution is -0.137. The summed E-state index contributed by atoms with van der Waals surface area (Å²) in [6.07, 6.45) is -1.27. The molecule has 1 N–H and O–H groups in total. The number of rotatable bonds is 5. The van der Waals surface area contributed by atoms with Gasteiger partial charge in [-0.15, -0.1) is 0 Å². The summed E-state index contributed by atoms with van der Waals surface area (Å²) in [5, 5.41) is 11.3. The number of anilines is 1. The number of amides is 1. The number of aryl methyl sites for hydroxylation is 2. The molecule has 0 saturated carbocycles. The minimum atomic E-state index is -4.40. The number of carbonyl (C=O) groups is 1. The van der Waals surface area contributed by atoms with Crippen LogP contribution in [-0.4, -0.2) is 25.5 Å². The van der Waals surface area contributed by atoms with Crippen molar-refractivity contribution in [3.8, 4) is 0 Å².